The van der Waals surface area contributed by atoms with Crippen molar-refractivity contribution in [1.29, 1.82) is 0 Å². The lowest BCUT2D eigenvalue weighted by Gasteiger charge is -2.27. The lowest BCUT2D eigenvalue weighted by molar-refractivity contribution is 0.555. The predicted octanol–water partition coefficient (Wildman–Crippen LogP) is 9.52. The van der Waals surface area contributed by atoms with Gasteiger partial charge in [0.05, 0.1) is 11.4 Å². The third-order valence-electron chi connectivity index (χ3n) is 8.74. The van der Waals surface area contributed by atoms with Gasteiger partial charge in [0.25, 0.3) is 0 Å². The third-order valence-corrected chi connectivity index (χ3v) is 8.74. The summed E-state index contributed by atoms with van der Waals surface area (Å²) in [5, 5.41) is 7.59. The van der Waals surface area contributed by atoms with E-state index < -0.39 is 0 Å². The predicted molar refractivity (Wildman–Crippen MR) is 197 cm³/mol. The Morgan fingerprint density at radius 1 is 0.723 bits per heavy atom. The van der Waals surface area contributed by atoms with E-state index in [0.29, 0.717) is 12.4 Å². The molecular weight excluding hydrogens is 574 g/mol. The average molecular weight is 612 g/mol. The fraction of sp³-hybridized carbons (Fsp3) is 0.0952. The van der Waals surface area contributed by atoms with Gasteiger partial charge in [0, 0.05) is 24.7 Å². The Labute approximate surface area is 277 Å². The Bertz CT molecular complexity index is 1990. The number of benzene rings is 6. The van der Waals surface area contributed by atoms with Crippen LogP contribution in [0.4, 0.5) is 11.4 Å². The Hall–Kier alpha value is -5.78. The highest BCUT2D eigenvalue weighted by molar-refractivity contribution is 6.01. The highest BCUT2D eigenvalue weighted by Gasteiger charge is 2.30. The molecule has 0 amide bonds. The zero-order chi connectivity index (χ0) is 32.0. The van der Waals surface area contributed by atoms with E-state index in [1.54, 1.807) is 0 Å². The van der Waals surface area contributed by atoms with Crippen molar-refractivity contribution < 1.29 is 0 Å². The second-order valence-corrected chi connectivity index (χ2v) is 11.7. The fourth-order valence-electron chi connectivity index (χ4n) is 6.36. The Morgan fingerprint density at radius 3 is 1.94 bits per heavy atom. The molecule has 7 rings (SSSR count). The Morgan fingerprint density at radius 2 is 1.30 bits per heavy atom. The van der Waals surface area contributed by atoms with Crippen LogP contribution in [0.5, 0.6) is 0 Å². The molecular formula is C42H37N5. The molecule has 0 bridgehead atoms. The number of hydrogen-bond donors (Lipinski definition) is 2. The van der Waals surface area contributed by atoms with Crippen LogP contribution in [0.2, 0.25) is 0 Å². The number of para-hydroxylation sites is 2. The number of amidine groups is 1. The highest BCUT2D eigenvalue weighted by atomic mass is 15.3. The van der Waals surface area contributed by atoms with E-state index in [-0.39, 0.29) is 12.3 Å². The summed E-state index contributed by atoms with van der Waals surface area (Å²) in [7, 11) is 2.16. The zero-order valence-corrected chi connectivity index (χ0v) is 26.4. The molecule has 0 radical (unpaired) electrons. The van der Waals surface area contributed by atoms with Gasteiger partial charge in [0.2, 0.25) is 0 Å². The largest absolute Gasteiger partial charge is 0.360 e. The van der Waals surface area contributed by atoms with Crippen molar-refractivity contribution in [3.8, 4) is 22.3 Å². The van der Waals surface area contributed by atoms with Crippen LogP contribution in [0.1, 0.15) is 34.6 Å². The molecule has 2 N–H and O–H groups in total. The first-order valence-electron chi connectivity index (χ1n) is 15.9. The first-order chi connectivity index (χ1) is 23.2. The second kappa shape index (κ2) is 13.7. The van der Waals surface area contributed by atoms with Crippen LogP contribution in [0.3, 0.4) is 0 Å². The molecule has 230 valence electrons. The maximum absolute atomic E-state index is 5.11. The van der Waals surface area contributed by atoms with E-state index in [1.807, 2.05) is 48.5 Å². The quantitative estimate of drug-likeness (QED) is 0.126. The SMILES string of the molecule is C=N/C(=N\C(NCc1cc(-c2ccccc2)c(C2Nc3ccccc3N2C)cc1-c1ccccc1)c1ccccc1)c1ccccc1. The van der Waals surface area contributed by atoms with Gasteiger partial charge in [-0.15, -0.1) is 0 Å². The maximum Gasteiger partial charge on any atom is 0.155 e. The van der Waals surface area contributed by atoms with Gasteiger partial charge in [-0.25, -0.2) is 9.98 Å². The van der Waals surface area contributed by atoms with Crippen LogP contribution in [0.25, 0.3) is 22.3 Å². The van der Waals surface area contributed by atoms with Crippen molar-refractivity contribution in [3.05, 3.63) is 180 Å². The van der Waals surface area contributed by atoms with Crippen molar-refractivity contribution >= 4 is 23.9 Å². The topological polar surface area (TPSA) is 52.0 Å². The van der Waals surface area contributed by atoms with Crippen LogP contribution >= 0.6 is 0 Å². The van der Waals surface area contributed by atoms with Crippen LogP contribution in [0.15, 0.2) is 168 Å². The minimum atomic E-state index is -0.336. The molecule has 1 aliphatic heterocycles. The molecule has 2 unspecified atom stereocenters. The zero-order valence-electron chi connectivity index (χ0n) is 26.4. The number of hydrogen-bond acceptors (Lipinski definition) is 4. The summed E-state index contributed by atoms with van der Waals surface area (Å²) in [5.41, 5.74) is 11.4. The molecule has 1 heterocycles. The summed E-state index contributed by atoms with van der Waals surface area (Å²) in [6.45, 7) is 4.44. The molecule has 0 aromatic heterocycles. The van der Waals surface area contributed by atoms with Gasteiger partial charge in [-0.05, 0) is 64.4 Å². The van der Waals surface area contributed by atoms with Crippen molar-refractivity contribution in [1.82, 2.24) is 5.32 Å². The van der Waals surface area contributed by atoms with Gasteiger partial charge in [-0.1, -0.05) is 133 Å². The van der Waals surface area contributed by atoms with Gasteiger partial charge in [-0.2, -0.15) is 0 Å². The van der Waals surface area contributed by atoms with Crippen LogP contribution < -0.4 is 15.5 Å². The van der Waals surface area contributed by atoms with Gasteiger partial charge >= 0.3 is 0 Å². The molecule has 47 heavy (non-hydrogen) atoms. The van der Waals surface area contributed by atoms with Crippen molar-refractivity contribution in [2.75, 3.05) is 17.3 Å². The first kappa shape index (κ1) is 29.9. The minimum Gasteiger partial charge on any atom is -0.360 e. The van der Waals surface area contributed by atoms with Gasteiger partial charge < -0.3 is 10.2 Å². The van der Waals surface area contributed by atoms with E-state index in [4.69, 9.17) is 4.99 Å². The summed E-state index contributed by atoms with van der Waals surface area (Å²) in [5.74, 6) is 0.602. The molecule has 0 aliphatic carbocycles. The molecule has 6 aromatic carbocycles. The fourth-order valence-corrected chi connectivity index (χ4v) is 6.36. The maximum atomic E-state index is 5.11. The molecule has 2 atom stereocenters. The monoisotopic (exact) mass is 611 g/mol. The Balaban J connectivity index is 1.34. The number of nitrogens with one attached hydrogen (secondary N) is 2. The molecule has 5 heteroatoms. The number of fused-ring (bicyclic) bond motifs is 1. The average Bonchev–Trinajstić information content (AvgIpc) is 3.48. The van der Waals surface area contributed by atoms with E-state index in [9.17, 15) is 0 Å². The molecule has 0 saturated heterocycles. The second-order valence-electron chi connectivity index (χ2n) is 11.7. The third kappa shape index (κ3) is 6.35. The summed E-state index contributed by atoms with van der Waals surface area (Å²) in [4.78, 5) is 11.8. The molecule has 0 spiro atoms. The summed E-state index contributed by atoms with van der Waals surface area (Å²) < 4.78 is 0. The lowest BCUT2D eigenvalue weighted by atomic mass is 9.89. The smallest absolute Gasteiger partial charge is 0.155 e. The molecule has 0 saturated carbocycles. The molecule has 0 fully saturated rings. The number of nitrogens with zero attached hydrogens (tertiary/aromatic N) is 3. The lowest BCUT2D eigenvalue weighted by Crippen LogP contribution is -2.25. The molecule has 1 aliphatic rings. The first-order valence-corrected chi connectivity index (χ1v) is 15.9. The van der Waals surface area contributed by atoms with Gasteiger partial charge in [0.1, 0.15) is 12.3 Å². The van der Waals surface area contributed by atoms with Crippen molar-refractivity contribution in [2.24, 2.45) is 9.98 Å². The van der Waals surface area contributed by atoms with E-state index in [2.05, 4.69) is 143 Å². The minimum absolute atomic E-state index is 0.0270. The molecule has 5 nitrogen and oxygen atoms in total. The normalized spacial score (nSPS) is 14.7. The van der Waals surface area contributed by atoms with E-state index in [1.165, 1.54) is 39.1 Å². The van der Waals surface area contributed by atoms with Gasteiger partial charge in [0.15, 0.2) is 5.84 Å². The Kier molecular flexibility index (Phi) is 8.71. The van der Waals surface area contributed by atoms with Crippen molar-refractivity contribution in [3.63, 3.8) is 0 Å². The standard InChI is InChI=1S/C42H37N5/c1-43-40(32-21-11-5-12-22-32)46-41(33-23-13-6-14-24-33)44-29-34-27-36(31-19-9-4-10-20-31)37(28-35(34)30-17-7-3-8-18-30)42-45-38-25-15-16-26-39(38)47(42)2/h3-28,41-42,44-45H,1,29H2,2H3/b46-40-. The number of aliphatic imine (C=N–C) groups is 2. The summed E-state index contributed by atoms with van der Waals surface area (Å²) in [6, 6.07) is 54.9. The number of anilines is 2. The van der Waals surface area contributed by atoms with Crippen LogP contribution in [-0.4, -0.2) is 19.6 Å². The number of rotatable bonds is 9. The molecule has 6 aromatic rings. The summed E-state index contributed by atoms with van der Waals surface area (Å²) >= 11 is 0. The van der Waals surface area contributed by atoms with Crippen LogP contribution in [-0.2, 0) is 6.54 Å². The van der Waals surface area contributed by atoms with Crippen LogP contribution in [0, 0.1) is 0 Å². The highest BCUT2D eigenvalue weighted by Crippen LogP contribution is 2.44. The van der Waals surface area contributed by atoms with Gasteiger partial charge in [-0.3, -0.25) is 5.32 Å². The van der Waals surface area contributed by atoms with Crippen molar-refractivity contribution in [2.45, 2.75) is 18.9 Å². The summed E-state index contributed by atoms with van der Waals surface area (Å²) in [6.07, 6.45) is -0.363. The van der Waals surface area contributed by atoms with E-state index >= 15 is 0 Å². The van der Waals surface area contributed by atoms with E-state index in [0.717, 1.165) is 16.8 Å².